The first-order valence-corrected chi connectivity index (χ1v) is 57.1. The van der Waals surface area contributed by atoms with E-state index in [0.29, 0.717) is 0 Å². The standard InChI is InChI=1S/C38H30NSi.C27H24NSi.C26H22NSi.3C12H10N.3Ir/c1-40(2,3)31-19-22-38(39-25-31)30-18-21-35-34-20-17-29(23-36(34)32-11-7-8-12-33(32)37(35)24-30)28-15-13-27(14-16-28)26-9-5-4-6-10-26;1-18-15-26(28-17-27(18)29(2,3)4)19-13-14-24-22-11-6-5-9-20(22)21-10-7-8-12-23(21)25(24)16-19;1-28(2,3)19-13-15-26(27-17-19)18-12-14-24-22-10-5-4-8-20(22)21-9-6-7-11-23(21)25(24)16-18;2*1-10-7-8-13-12(9-10)11-5-3-2-4-6-11;1-10-7-8-12(13-9-10)11-5-3-2-4-6-11;;;/h4-17,19-25H,1-3H3;5-12,14-17H,1-4H3;4-11,13-17H,1-3H3;3*2-5,7-9H,1H3;;;/q6*-1;;;. The minimum atomic E-state index is -1.39. The van der Waals surface area contributed by atoms with E-state index in [1.165, 1.54) is 157 Å². The molecule has 17 aromatic carbocycles. The third-order valence-corrected chi connectivity index (χ3v) is 31.3. The average Bonchev–Trinajstić information content (AvgIpc) is 0.745. The topological polar surface area (TPSA) is 77.3 Å². The van der Waals surface area contributed by atoms with E-state index in [2.05, 4.69) is 429 Å². The van der Waals surface area contributed by atoms with Crippen molar-refractivity contribution < 1.29 is 60.3 Å². The molecule has 0 spiro atoms. The van der Waals surface area contributed by atoms with Gasteiger partial charge in [-0.25, -0.2) is 0 Å². The first-order chi connectivity index (χ1) is 66.0. The smallest absolute Gasteiger partial charge is 0.0798 e. The molecule has 3 radical (unpaired) electrons. The Balaban J connectivity index is 0.000000133. The molecule has 0 N–H and O–H groups in total. The maximum atomic E-state index is 4.84. The molecule has 0 saturated heterocycles. The van der Waals surface area contributed by atoms with Crippen molar-refractivity contribution in [3.8, 4) is 89.8 Å². The molecule has 689 valence electrons. The normalized spacial score (nSPS) is 11.2. The van der Waals surface area contributed by atoms with Crippen LogP contribution < -0.4 is 15.6 Å². The average molecular weight is 2380 g/mol. The second kappa shape index (κ2) is 44.6. The molecule has 0 unspecified atom stereocenters. The predicted octanol–water partition coefficient (Wildman–Crippen LogP) is 31.9. The first-order valence-electron chi connectivity index (χ1n) is 46.6. The van der Waals surface area contributed by atoms with Gasteiger partial charge in [0.25, 0.3) is 0 Å². The summed E-state index contributed by atoms with van der Waals surface area (Å²) in [5.41, 5.74) is 22.1. The molecule has 0 fully saturated rings. The molecule has 23 rings (SSSR count). The van der Waals surface area contributed by atoms with Gasteiger partial charge >= 0.3 is 0 Å². The van der Waals surface area contributed by atoms with Gasteiger partial charge in [-0.3, -0.25) is 0 Å². The van der Waals surface area contributed by atoms with Crippen molar-refractivity contribution in [2.45, 2.75) is 86.6 Å². The summed E-state index contributed by atoms with van der Waals surface area (Å²) in [5.74, 6) is 0. The van der Waals surface area contributed by atoms with E-state index in [-0.39, 0.29) is 60.3 Å². The Kier molecular flexibility index (Phi) is 32.1. The van der Waals surface area contributed by atoms with E-state index in [4.69, 9.17) is 15.0 Å². The van der Waals surface area contributed by atoms with Crippen molar-refractivity contribution in [1.29, 1.82) is 0 Å². The Morgan fingerprint density at radius 2 is 0.496 bits per heavy atom. The van der Waals surface area contributed by atoms with Gasteiger partial charge in [0, 0.05) is 97.5 Å². The van der Waals surface area contributed by atoms with E-state index in [1.807, 2.05) is 117 Å². The number of aryl methyl sites for hydroxylation is 4. The molecule has 0 bridgehead atoms. The molecule has 0 aliphatic carbocycles. The van der Waals surface area contributed by atoms with Gasteiger partial charge in [-0.05, 0) is 172 Å². The van der Waals surface area contributed by atoms with E-state index < -0.39 is 24.2 Å². The minimum absolute atomic E-state index is 0. The van der Waals surface area contributed by atoms with Crippen LogP contribution >= 0.6 is 0 Å². The Bertz CT molecular complexity index is 8050. The maximum Gasteiger partial charge on any atom is 0.0798 e. The van der Waals surface area contributed by atoms with Crippen molar-refractivity contribution in [2.24, 2.45) is 0 Å². The molecular weight excluding hydrogens is 2270 g/mol. The fraction of sp³-hybridized carbons (Fsp3) is 0.102. The van der Waals surface area contributed by atoms with E-state index >= 15 is 0 Å². The SMILES string of the molecule is C[Si](C)(C)c1ccc(-c2[c-]cc3c4ccc(-c5ccc(-c6ccccc6)cc5)cc4c4ccccc4c3c2)nc1.C[Si](C)(C)c1ccc(-c2[c-]cc3c4ccccc4c4ccccc4c3c2)nc1.Cc1cc(-c2[c-]cc3c4ccccc4c4ccccc4c3c2)ncc1[Si](C)(C)C.Cc1ccc(-c2[c-]cccc2)nc1.Cc1ccnc(-c2[c-]cccc2)c1.Cc1ccnc(-c2[c-]cccc2)c1.[Ir].[Ir].[Ir]. The number of aromatic nitrogens is 6. The largest absolute Gasteiger partial charge is 0.305 e. The van der Waals surface area contributed by atoms with Crippen molar-refractivity contribution in [3.63, 3.8) is 0 Å². The summed E-state index contributed by atoms with van der Waals surface area (Å²) in [6.45, 7) is 29.6. The van der Waals surface area contributed by atoms with Crippen LogP contribution in [0.4, 0.5) is 0 Å². The summed E-state index contributed by atoms with van der Waals surface area (Å²) in [6.07, 6.45) is 11.7. The van der Waals surface area contributed by atoms with Crippen LogP contribution in [0.15, 0.2) is 407 Å². The minimum Gasteiger partial charge on any atom is -0.305 e. The molecule has 12 heteroatoms. The van der Waals surface area contributed by atoms with Crippen molar-refractivity contribution in [1.82, 2.24) is 29.9 Å². The Morgan fingerprint density at radius 3 is 0.842 bits per heavy atom. The predicted molar refractivity (Wildman–Crippen MR) is 587 cm³/mol. The van der Waals surface area contributed by atoms with Gasteiger partial charge in [0.2, 0.25) is 0 Å². The second-order valence-corrected chi connectivity index (χ2v) is 53.1. The summed E-state index contributed by atoms with van der Waals surface area (Å²) < 4.78 is 0. The number of fused-ring (bicyclic) bond motifs is 18. The van der Waals surface area contributed by atoms with Gasteiger partial charge in [0.15, 0.2) is 0 Å². The van der Waals surface area contributed by atoms with Gasteiger partial charge < -0.3 is 29.9 Å². The van der Waals surface area contributed by atoms with Crippen LogP contribution in [0.3, 0.4) is 0 Å². The molecule has 0 atom stereocenters. The van der Waals surface area contributed by atoms with E-state index in [0.717, 1.165) is 67.5 Å². The zero-order chi connectivity index (χ0) is 94.0. The fourth-order valence-electron chi connectivity index (χ4n) is 17.8. The monoisotopic (exact) mass is 2380 g/mol. The van der Waals surface area contributed by atoms with Gasteiger partial charge in [-0.15, -0.1) is 179 Å². The van der Waals surface area contributed by atoms with Crippen molar-refractivity contribution in [2.75, 3.05) is 0 Å². The first kappa shape index (κ1) is 100. The Labute approximate surface area is 861 Å². The zero-order valence-corrected chi connectivity index (χ0v) is 90.6. The number of pyridine rings is 6. The third kappa shape index (κ3) is 23.1. The van der Waals surface area contributed by atoms with Crippen LogP contribution in [0, 0.1) is 64.1 Å². The third-order valence-electron chi connectivity index (χ3n) is 25.1. The molecule has 139 heavy (non-hydrogen) atoms. The second-order valence-electron chi connectivity index (χ2n) is 37.9. The van der Waals surface area contributed by atoms with Crippen molar-refractivity contribution in [3.05, 3.63) is 466 Å². The van der Waals surface area contributed by atoms with Gasteiger partial charge in [-0.2, -0.15) is 0 Å². The number of hydrogen-bond donors (Lipinski definition) is 0. The molecule has 6 nitrogen and oxygen atoms in total. The number of benzene rings is 17. The maximum absolute atomic E-state index is 4.84. The molecule has 0 aliphatic rings. The summed E-state index contributed by atoms with van der Waals surface area (Å²) in [5, 5.41) is 27.0. The van der Waals surface area contributed by atoms with Gasteiger partial charge in [0.1, 0.15) is 0 Å². The molecule has 23 aromatic rings. The van der Waals surface area contributed by atoms with Crippen LogP contribution in [-0.2, 0) is 60.3 Å². The Hall–Kier alpha value is -13.4. The van der Waals surface area contributed by atoms with E-state index in [1.54, 1.807) is 0 Å². The molecule has 6 aromatic heterocycles. The molecule has 6 heterocycles. The number of nitrogens with zero attached hydrogens (tertiary/aromatic N) is 6. The van der Waals surface area contributed by atoms with Crippen LogP contribution in [0.5, 0.6) is 0 Å². The Morgan fingerprint density at radius 1 is 0.194 bits per heavy atom. The number of rotatable bonds is 11. The van der Waals surface area contributed by atoms with E-state index in [9.17, 15) is 0 Å². The molecule has 0 saturated carbocycles. The molecule has 0 aliphatic heterocycles. The zero-order valence-electron chi connectivity index (χ0n) is 80.4. The van der Waals surface area contributed by atoms with Crippen molar-refractivity contribution >= 4 is 137 Å². The van der Waals surface area contributed by atoms with Crippen LogP contribution in [-0.4, -0.2) is 54.1 Å². The van der Waals surface area contributed by atoms with Crippen LogP contribution in [0.2, 0.25) is 58.9 Å². The molecule has 0 amide bonds. The quantitative estimate of drug-likeness (QED) is 0.0729. The van der Waals surface area contributed by atoms with Crippen LogP contribution in [0.25, 0.3) is 187 Å². The van der Waals surface area contributed by atoms with Gasteiger partial charge in [0.05, 0.1) is 24.2 Å². The summed E-state index contributed by atoms with van der Waals surface area (Å²) in [6, 6.07) is 150. The molecular formula is C127H106Ir3N6Si3-6. The number of hydrogen-bond acceptors (Lipinski definition) is 6. The van der Waals surface area contributed by atoms with Crippen LogP contribution in [0.1, 0.15) is 22.3 Å². The summed E-state index contributed by atoms with van der Waals surface area (Å²) >= 11 is 0. The summed E-state index contributed by atoms with van der Waals surface area (Å²) in [4.78, 5) is 27.3. The summed E-state index contributed by atoms with van der Waals surface area (Å²) in [7, 11) is -4.11. The van der Waals surface area contributed by atoms with Gasteiger partial charge in [-0.1, -0.05) is 367 Å². The fourth-order valence-corrected chi connectivity index (χ4v) is 21.6.